The summed E-state index contributed by atoms with van der Waals surface area (Å²) in [6.45, 7) is 8.63. The molecule has 0 saturated heterocycles. The van der Waals surface area contributed by atoms with Crippen LogP contribution in [0, 0.1) is 0 Å². The summed E-state index contributed by atoms with van der Waals surface area (Å²) in [4.78, 5) is 0. The predicted molar refractivity (Wildman–Crippen MR) is 184 cm³/mol. The van der Waals surface area contributed by atoms with E-state index in [4.69, 9.17) is 9.47 Å². The van der Waals surface area contributed by atoms with Crippen LogP contribution in [0.4, 0.5) is 0 Å². The van der Waals surface area contributed by atoms with E-state index in [-0.39, 0.29) is 0 Å². The Morgan fingerprint density at radius 2 is 0.651 bits per heavy atom. The molecule has 6 heteroatoms. The van der Waals surface area contributed by atoms with E-state index < -0.39 is 0 Å². The largest absolute Gasteiger partial charge is 0.496 e. The average molecular weight is 597 g/mol. The fourth-order valence-electron chi connectivity index (χ4n) is 5.49. The van der Waals surface area contributed by atoms with Crippen LogP contribution in [-0.2, 0) is 13.1 Å². The highest BCUT2D eigenvalue weighted by molar-refractivity contribution is 5.33. The van der Waals surface area contributed by atoms with E-state index in [0.29, 0.717) is 0 Å². The molecule has 0 radical (unpaired) electrons. The summed E-state index contributed by atoms with van der Waals surface area (Å²) in [6, 6.07) is 16.5. The first-order valence-electron chi connectivity index (χ1n) is 17.4. The summed E-state index contributed by atoms with van der Waals surface area (Å²) in [5.74, 6) is 1.95. The van der Waals surface area contributed by atoms with Gasteiger partial charge in [0.2, 0.25) is 0 Å². The third-order valence-corrected chi connectivity index (χ3v) is 8.14. The molecule has 0 saturated carbocycles. The minimum atomic E-state index is 0.885. The zero-order chi connectivity index (χ0) is 30.5. The van der Waals surface area contributed by atoms with Gasteiger partial charge in [0.05, 0.1) is 14.2 Å². The third-order valence-electron chi connectivity index (χ3n) is 8.14. The molecule has 0 fully saturated rings. The van der Waals surface area contributed by atoms with Crippen molar-refractivity contribution in [3.05, 3.63) is 59.7 Å². The van der Waals surface area contributed by atoms with Crippen molar-refractivity contribution in [2.75, 3.05) is 53.5 Å². The maximum Gasteiger partial charge on any atom is 0.123 e. The van der Waals surface area contributed by atoms with Crippen molar-refractivity contribution < 1.29 is 9.47 Å². The number of para-hydroxylation sites is 2. The van der Waals surface area contributed by atoms with Crippen molar-refractivity contribution in [3.63, 3.8) is 0 Å². The molecule has 0 aliphatic heterocycles. The van der Waals surface area contributed by atoms with E-state index in [9.17, 15) is 0 Å². The molecule has 0 aromatic heterocycles. The average Bonchev–Trinajstić information content (AvgIpc) is 3.04. The quantitative estimate of drug-likeness (QED) is 0.0696. The van der Waals surface area contributed by atoms with Gasteiger partial charge in [-0.1, -0.05) is 94.2 Å². The van der Waals surface area contributed by atoms with Crippen LogP contribution in [0.15, 0.2) is 48.5 Å². The number of unbranched alkanes of at least 4 members (excludes halogenated alkanes) is 12. The van der Waals surface area contributed by atoms with Crippen LogP contribution in [0.3, 0.4) is 0 Å². The Balaban J connectivity index is 1.20. The molecule has 0 unspecified atom stereocenters. The Morgan fingerprint density at radius 3 is 0.977 bits per heavy atom. The van der Waals surface area contributed by atoms with Crippen LogP contribution in [0.2, 0.25) is 0 Å². The first-order chi connectivity index (χ1) is 21.3. The molecule has 0 atom stereocenters. The Hall–Kier alpha value is -2.12. The van der Waals surface area contributed by atoms with Crippen LogP contribution in [0.25, 0.3) is 0 Å². The highest BCUT2D eigenvalue weighted by Gasteiger charge is 2.02. The van der Waals surface area contributed by atoms with E-state index in [0.717, 1.165) is 37.7 Å². The monoisotopic (exact) mass is 597 g/mol. The van der Waals surface area contributed by atoms with Crippen LogP contribution in [0.1, 0.15) is 107 Å². The summed E-state index contributed by atoms with van der Waals surface area (Å²) in [6.07, 6.45) is 19.9. The van der Waals surface area contributed by atoms with Crippen molar-refractivity contribution in [1.29, 1.82) is 0 Å². The first kappa shape index (κ1) is 37.1. The molecular formula is C37H64N4O2. The summed E-state index contributed by atoms with van der Waals surface area (Å²) in [5.41, 5.74) is 2.47. The zero-order valence-corrected chi connectivity index (χ0v) is 27.7. The number of rotatable bonds is 30. The summed E-state index contributed by atoms with van der Waals surface area (Å²) >= 11 is 0. The number of methoxy groups -OCH3 is 2. The van der Waals surface area contributed by atoms with Crippen molar-refractivity contribution in [2.45, 2.75) is 109 Å². The van der Waals surface area contributed by atoms with E-state index in [1.54, 1.807) is 14.2 Å². The number of ether oxygens (including phenoxy) is 2. The zero-order valence-electron chi connectivity index (χ0n) is 27.7. The molecule has 0 aliphatic rings. The molecule has 4 N–H and O–H groups in total. The van der Waals surface area contributed by atoms with Gasteiger partial charge in [0.1, 0.15) is 11.5 Å². The van der Waals surface area contributed by atoms with Crippen molar-refractivity contribution in [3.8, 4) is 11.5 Å². The number of hydrogen-bond acceptors (Lipinski definition) is 6. The molecule has 0 aliphatic carbocycles. The Kier molecular flexibility index (Phi) is 23.6. The van der Waals surface area contributed by atoms with Gasteiger partial charge in [0.25, 0.3) is 0 Å². The Bertz CT molecular complexity index is 823. The van der Waals surface area contributed by atoms with Gasteiger partial charge in [0, 0.05) is 24.2 Å². The van der Waals surface area contributed by atoms with Gasteiger partial charge in [0.15, 0.2) is 0 Å². The highest BCUT2D eigenvalue weighted by atomic mass is 16.5. The predicted octanol–water partition coefficient (Wildman–Crippen LogP) is 7.61. The minimum absolute atomic E-state index is 0.885. The molecule has 2 rings (SSSR count). The number of hydrogen-bond donors (Lipinski definition) is 4. The molecule has 43 heavy (non-hydrogen) atoms. The van der Waals surface area contributed by atoms with E-state index >= 15 is 0 Å². The first-order valence-corrected chi connectivity index (χ1v) is 17.4. The van der Waals surface area contributed by atoms with Crippen LogP contribution in [0.5, 0.6) is 11.5 Å². The lowest BCUT2D eigenvalue weighted by atomic mass is 10.1. The SMILES string of the molecule is COc1ccccc1CNCCCCCCNCCCCCCCCCNCCCCCCNCc1ccccc1OC. The van der Waals surface area contributed by atoms with Gasteiger partial charge in [-0.3, -0.25) is 0 Å². The normalized spacial score (nSPS) is 11.2. The molecule has 2 aromatic rings. The molecular weight excluding hydrogens is 532 g/mol. The van der Waals surface area contributed by atoms with Gasteiger partial charge < -0.3 is 30.7 Å². The van der Waals surface area contributed by atoms with Crippen molar-refractivity contribution >= 4 is 0 Å². The fourth-order valence-corrected chi connectivity index (χ4v) is 5.49. The van der Waals surface area contributed by atoms with Crippen LogP contribution < -0.4 is 30.7 Å². The maximum atomic E-state index is 5.41. The van der Waals surface area contributed by atoms with Gasteiger partial charge >= 0.3 is 0 Å². The highest BCUT2D eigenvalue weighted by Crippen LogP contribution is 2.17. The summed E-state index contributed by atoms with van der Waals surface area (Å²) in [5, 5.41) is 14.4. The molecule has 244 valence electrons. The van der Waals surface area contributed by atoms with Gasteiger partial charge in [-0.05, 0) is 89.9 Å². The van der Waals surface area contributed by atoms with Gasteiger partial charge in [-0.25, -0.2) is 0 Å². The molecule has 0 spiro atoms. The molecule has 0 bridgehead atoms. The maximum absolute atomic E-state index is 5.41. The van der Waals surface area contributed by atoms with Crippen LogP contribution in [-0.4, -0.2) is 53.5 Å². The second-order valence-corrected chi connectivity index (χ2v) is 11.8. The second kappa shape index (κ2) is 27.4. The third kappa shape index (κ3) is 19.7. The minimum Gasteiger partial charge on any atom is -0.496 e. The van der Waals surface area contributed by atoms with E-state index in [1.807, 2.05) is 24.3 Å². The molecule has 6 nitrogen and oxygen atoms in total. The summed E-state index contributed by atoms with van der Waals surface area (Å²) in [7, 11) is 3.48. The smallest absolute Gasteiger partial charge is 0.123 e. The Morgan fingerprint density at radius 1 is 0.372 bits per heavy atom. The van der Waals surface area contributed by atoms with Gasteiger partial charge in [-0.15, -0.1) is 0 Å². The van der Waals surface area contributed by atoms with Crippen LogP contribution >= 0.6 is 0 Å². The fraction of sp³-hybridized carbons (Fsp3) is 0.676. The number of nitrogens with one attached hydrogen (secondary N) is 4. The lowest BCUT2D eigenvalue weighted by Crippen LogP contribution is -2.17. The number of benzene rings is 2. The molecule has 0 heterocycles. The Labute approximate surface area is 264 Å². The summed E-state index contributed by atoms with van der Waals surface area (Å²) < 4.78 is 10.8. The molecule has 0 amide bonds. The standard InChI is InChI=1S/C37H64N4O2/c1-42-36-24-14-12-22-34(36)32-40-30-20-10-8-18-28-38-26-16-6-4-3-5-7-17-27-39-29-19-9-11-21-31-41-33-35-23-13-15-25-37(35)43-2/h12-15,22-25,38-41H,3-11,16-21,26-33H2,1-2H3. The van der Waals surface area contributed by atoms with Gasteiger partial charge in [-0.2, -0.15) is 0 Å². The second-order valence-electron chi connectivity index (χ2n) is 11.8. The molecule has 2 aromatic carbocycles. The van der Waals surface area contributed by atoms with E-state index in [1.165, 1.54) is 134 Å². The van der Waals surface area contributed by atoms with Crippen molar-refractivity contribution in [1.82, 2.24) is 21.3 Å². The lowest BCUT2D eigenvalue weighted by Gasteiger charge is -2.09. The van der Waals surface area contributed by atoms with Crippen molar-refractivity contribution in [2.24, 2.45) is 0 Å². The topological polar surface area (TPSA) is 66.6 Å². The van der Waals surface area contributed by atoms with E-state index in [2.05, 4.69) is 45.5 Å². The lowest BCUT2D eigenvalue weighted by molar-refractivity contribution is 0.407.